The van der Waals surface area contributed by atoms with E-state index in [4.69, 9.17) is 11.4 Å². The Labute approximate surface area is 184 Å². The average molecular weight is 428 g/mol. The molecule has 162 valence electrons. The first-order valence-electron chi connectivity index (χ1n) is 9.97. The Morgan fingerprint density at radius 2 is 1.93 bits per heavy atom. The van der Waals surface area contributed by atoms with Crippen LogP contribution in [0.25, 0.3) is 0 Å². The van der Waals surface area contributed by atoms with Crippen LogP contribution in [0.1, 0.15) is 34.6 Å². The number of benzene rings is 1. The van der Waals surface area contributed by atoms with Gasteiger partial charge in [-0.15, -0.1) is 6.42 Å². The van der Waals surface area contributed by atoms with E-state index in [-0.39, 0.29) is 6.04 Å². The van der Waals surface area contributed by atoms with Gasteiger partial charge in [0.05, 0.1) is 6.54 Å². The largest absolute Gasteiger partial charge is 0.388 e. The predicted molar refractivity (Wildman–Crippen MR) is 128 cm³/mol. The van der Waals surface area contributed by atoms with Crippen molar-refractivity contribution in [2.24, 2.45) is 9.98 Å². The van der Waals surface area contributed by atoms with Crippen molar-refractivity contribution in [3.8, 4) is 12.3 Å². The van der Waals surface area contributed by atoms with Gasteiger partial charge in [0, 0.05) is 36.8 Å². The topological polar surface area (TPSA) is 78.6 Å². The van der Waals surface area contributed by atoms with E-state index in [1.165, 1.54) is 0 Å². The lowest BCUT2D eigenvalue weighted by atomic mass is 10.3. The monoisotopic (exact) mass is 427 g/mol. The number of hydrogen-bond acceptors (Lipinski definition) is 6. The van der Waals surface area contributed by atoms with Crippen molar-refractivity contribution in [2.75, 3.05) is 19.4 Å². The zero-order valence-corrected chi connectivity index (χ0v) is 19.8. The van der Waals surface area contributed by atoms with Crippen molar-refractivity contribution in [3.63, 3.8) is 0 Å². The molecule has 0 fully saturated rings. The Morgan fingerprint density at radius 3 is 2.47 bits per heavy atom. The summed E-state index contributed by atoms with van der Waals surface area (Å²) < 4.78 is 1.81. The summed E-state index contributed by atoms with van der Waals surface area (Å²) in [6, 6.07) is 10.3. The van der Waals surface area contributed by atoms with Gasteiger partial charge in [0.15, 0.2) is 0 Å². The molecule has 0 spiro atoms. The fourth-order valence-electron chi connectivity index (χ4n) is 2.29. The summed E-state index contributed by atoms with van der Waals surface area (Å²) in [6.45, 7) is 10.3. The molecule has 3 N–H and O–H groups in total. The molecule has 0 aliphatic heterocycles. The minimum Gasteiger partial charge on any atom is -0.388 e. The molecule has 0 saturated heterocycles. The second-order valence-corrected chi connectivity index (χ2v) is 7.36. The quantitative estimate of drug-likeness (QED) is 0.206. The van der Waals surface area contributed by atoms with E-state index in [1.54, 1.807) is 18.8 Å². The van der Waals surface area contributed by atoms with Crippen molar-refractivity contribution in [2.45, 2.75) is 57.1 Å². The molecule has 8 heteroatoms. The summed E-state index contributed by atoms with van der Waals surface area (Å²) in [5, 5.41) is 3.92. The highest BCUT2D eigenvalue weighted by atomic mass is 32.2. The van der Waals surface area contributed by atoms with Crippen molar-refractivity contribution >= 4 is 29.2 Å². The highest BCUT2D eigenvalue weighted by Gasteiger charge is 2.09. The minimum absolute atomic E-state index is 0.277. The van der Waals surface area contributed by atoms with E-state index in [9.17, 15) is 0 Å². The number of aromatic nitrogens is 2. The smallest absolute Gasteiger partial charge is 0.234 e. The number of amidine groups is 1. The van der Waals surface area contributed by atoms with Gasteiger partial charge < -0.3 is 10.7 Å². The van der Waals surface area contributed by atoms with E-state index in [0.29, 0.717) is 18.3 Å². The molecule has 1 aromatic heterocycles. The molecule has 0 aliphatic carbocycles. The summed E-state index contributed by atoms with van der Waals surface area (Å²) in [5.41, 5.74) is 7.98. The molecule has 30 heavy (non-hydrogen) atoms. The maximum Gasteiger partial charge on any atom is 0.234 e. The molecule has 7 nitrogen and oxygen atoms in total. The maximum absolute atomic E-state index is 5.54. The molecule has 2 rings (SSSR count). The second kappa shape index (κ2) is 13.5. The lowest BCUT2D eigenvalue weighted by Crippen LogP contribution is -2.40. The van der Waals surface area contributed by atoms with Crippen LogP contribution >= 0.6 is 11.8 Å². The Hall–Kier alpha value is -2.76. The molecule has 0 unspecified atom stereocenters. The van der Waals surface area contributed by atoms with Gasteiger partial charge in [-0.3, -0.25) is 9.56 Å². The number of nitrogens with one attached hydrogen (secondary N) is 3. The number of nitrogens with zero attached hydrogens (tertiary/aromatic N) is 4. The molecule has 0 radical (unpaired) electrons. The van der Waals surface area contributed by atoms with Crippen LogP contribution in [0.3, 0.4) is 0 Å². The Morgan fingerprint density at radius 1 is 1.27 bits per heavy atom. The van der Waals surface area contributed by atoms with Crippen molar-refractivity contribution in [1.29, 1.82) is 0 Å². The van der Waals surface area contributed by atoms with Gasteiger partial charge >= 0.3 is 0 Å². The Bertz CT molecular complexity index is 922. The van der Waals surface area contributed by atoms with Crippen LogP contribution in [0.2, 0.25) is 0 Å². The van der Waals surface area contributed by atoms with Crippen molar-refractivity contribution in [1.82, 2.24) is 20.4 Å². The van der Waals surface area contributed by atoms with E-state index in [2.05, 4.69) is 32.1 Å². The molecule has 2 aromatic rings. The van der Waals surface area contributed by atoms with Crippen molar-refractivity contribution in [3.05, 3.63) is 35.8 Å². The molecule has 0 bridgehead atoms. The molecular formula is C22H33N7S. The first kappa shape index (κ1) is 25.3. The normalized spacial score (nSPS) is 11.6. The van der Waals surface area contributed by atoms with Gasteiger partial charge in [0.1, 0.15) is 16.3 Å². The van der Waals surface area contributed by atoms with E-state index in [0.717, 1.165) is 21.1 Å². The molecule has 0 saturated carbocycles. The predicted octanol–water partition coefficient (Wildman–Crippen LogP) is 3.82. The summed E-state index contributed by atoms with van der Waals surface area (Å²) in [7, 11) is 3.63. The number of terminal acetylenes is 1. The van der Waals surface area contributed by atoms with Gasteiger partial charge in [0.25, 0.3) is 0 Å². The third-order valence-corrected chi connectivity index (χ3v) is 4.56. The van der Waals surface area contributed by atoms with Gasteiger partial charge in [-0.1, -0.05) is 31.5 Å². The number of anilines is 1. The molecule has 1 aromatic carbocycles. The number of rotatable bonds is 7. The fourth-order valence-corrected chi connectivity index (χ4v) is 3.09. The molecule has 0 amide bonds. The van der Waals surface area contributed by atoms with Crippen LogP contribution in [0.4, 0.5) is 11.6 Å². The summed E-state index contributed by atoms with van der Waals surface area (Å²) in [5.74, 6) is 3.84. The van der Waals surface area contributed by atoms with E-state index < -0.39 is 0 Å². The zero-order valence-electron chi connectivity index (χ0n) is 18.9. The molecule has 1 heterocycles. The maximum atomic E-state index is 5.54. The zero-order chi connectivity index (χ0) is 22.5. The van der Waals surface area contributed by atoms with E-state index >= 15 is 0 Å². The molecule has 0 aliphatic rings. The highest BCUT2D eigenvalue weighted by Crippen LogP contribution is 2.27. The lowest BCUT2D eigenvalue weighted by Gasteiger charge is -2.13. The van der Waals surface area contributed by atoms with Gasteiger partial charge in [0.2, 0.25) is 5.95 Å². The first-order chi connectivity index (χ1) is 14.5. The standard InChI is InChI=1S/C20H27N7S.C2H6/c1-7-12-27-18(22-6)13-19(28-17-10-8-16(21-5)9-11-17)24-20(27)23-15(4)26-25-14(2)3;1-2/h1,8-11,13-14,21,25H,12H2,2-6H3,(H,23,24,26);1-2H3. The van der Waals surface area contributed by atoms with Crippen LogP contribution in [0.15, 0.2) is 50.2 Å². The number of hydrogen-bond donors (Lipinski definition) is 3. The van der Waals surface area contributed by atoms with Crippen LogP contribution in [0.5, 0.6) is 0 Å². The third-order valence-electron chi connectivity index (χ3n) is 3.63. The molecule has 0 atom stereocenters. The van der Waals surface area contributed by atoms with Gasteiger partial charge in [-0.05, 0) is 45.0 Å². The van der Waals surface area contributed by atoms with Gasteiger partial charge in [-0.2, -0.15) is 4.99 Å². The number of hydrazine groups is 1. The van der Waals surface area contributed by atoms with Gasteiger partial charge in [-0.25, -0.2) is 10.4 Å². The second-order valence-electron chi connectivity index (χ2n) is 6.26. The highest BCUT2D eigenvalue weighted by molar-refractivity contribution is 7.99. The third kappa shape index (κ3) is 7.93. The van der Waals surface area contributed by atoms with E-state index in [1.807, 2.05) is 76.6 Å². The Kier molecular flexibility index (Phi) is 11.3. The summed E-state index contributed by atoms with van der Waals surface area (Å²) in [4.78, 5) is 14.7. The average Bonchev–Trinajstić information content (AvgIpc) is 2.75. The SMILES string of the molecule is C#CCn1c(/N=C(\C)NNC(C)C)nc(Sc2ccc(NC)cc2)cc1=NC.CC. The van der Waals surface area contributed by atoms with Crippen LogP contribution in [0, 0.1) is 12.3 Å². The van der Waals surface area contributed by atoms with Crippen molar-refractivity contribution < 1.29 is 0 Å². The Balaban J connectivity index is 0.00000218. The van der Waals surface area contributed by atoms with Crippen LogP contribution < -0.4 is 21.7 Å². The van der Waals surface area contributed by atoms with Crippen LogP contribution in [-0.2, 0) is 6.54 Å². The van der Waals surface area contributed by atoms with Crippen LogP contribution in [-0.4, -0.2) is 35.5 Å². The first-order valence-corrected chi connectivity index (χ1v) is 10.8. The summed E-state index contributed by atoms with van der Waals surface area (Å²) in [6.07, 6.45) is 5.54. The number of aliphatic imine (C=N–C) groups is 1. The fraction of sp³-hybridized carbons (Fsp3) is 0.409. The lowest BCUT2D eigenvalue weighted by molar-refractivity contribution is 0.556. The minimum atomic E-state index is 0.277. The molecular weight excluding hydrogens is 394 g/mol. The summed E-state index contributed by atoms with van der Waals surface area (Å²) >= 11 is 1.55.